The van der Waals surface area contributed by atoms with Crippen molar-refractivity contribution in [1.29, 1.82) is 0 Å². The topological polar surface area (TPSA) is 50.8 Å². The minimum Gasteiger partial charge on any atom is -0.497 e. The molecule has 3 rings (SSSR count). The predicted molar refractivity (Wildman–Crippen MR) is 102 cm³/mol. The van der Waals surface area contributed by atoms with Gasteiger partial charge >= 0.3 is 0 Å². The van der Waals surface area contributed by atoms with E-state index in [4.69, 9.17) is 9.47 Å². The monoisotopic (exact) mass is 354 g/mol. The summed E-state index contributed by atoms with van der Waals surface area (Å²) in [5, 5.41) is 3.09. The second-order valence-corrected chi connectivity index (χ2v) is 6.51. The number of benzene rings is 2. The highest BCUT2D eigenvalue weighted by Crippen LogP contribution is 2.23. The van der Waals surface area contributed by atoms with Crippen LogP contribution < -0.4 is 10.1 Å². The molecule has 138 valence electrons. The van der Waals surface area contributed by atoms with Gasteiger partial charge in [-0.3, -0.25) is 9.69 Å². The molecule has 0 unspecified atom stereocenters. The normalized spacial score (nSPS) is 16.1. The van der Waals surface area contributed by atoms with Crippen LogP contribution in [0.5, 0.6) is 5.75 Å². The number of carbonyl (C=O) groups excluding carboxylic acids is 1. The third kappa shape index (κ3) is 4.62. The lowest BCUT2D eigenvalue weighted by Gasteiger charge is -2.35. The number of hydrogen-bond acceptors (Lipinski definition) is 4. The van der Waals surface area contributed by atoms with E-state index in [2.05, 4.69) is 22.3 Å². The molecule has 2 aromatic rings. The summed E-state index contributed by atoms with van der Waals surface area (Å²) in [6.07, 6.45) is 0. The van der Waals surface area contributed by atoms with Gasteiger partial charge in [0.2, 0.25) is 0 Å². The standard InChI is InChI=1S/C21H26N2O3/c1-16-3-5-18(6-4-16)21(24)22-15-20(23-11-13-26-14-12-23)17-7-9-19(25-2)10-8-17/h3-10,20H,11-15H2,1-2H3,(H,22,24)/t20-/m0/s1. The lowest BCUT2D eigenvalue weighted by Crippen LogP contribution is -2.43. The van der Waals surface area contributed by atoms with Crippen molar-refractivity contribution in [1.82, 2.24) is 10.2 Å². The summed E-state index contributed by atoms with van der Waals surface area (Å²) >= 11 is 0. The highest BCUT2D eigenvalue weighted by Gasteiger charge is 2.23. The number of methoxy groups -OCH3 is 1. The maximum atomic E-state index is 12.5. The molecule has 1 fully saturated rings. The Hall–Kier alpha value is -2.37. The number of morpholine rings is 1. The Bertz CT molecular complexity index is 707. The Morgan fingerprint density at radius 3 is 2.38 bits per heavy atom. The van der Waals surface area contributed by atoms with E-state index < -0.39 is 0 Å². The van der Waals surface area contributed by atoms with Crippen molar-refractivity contribution in [2.45, 2.75) is 13.0 Å². The Labute approximate surface area is 154 Å². The Morgan fingerprint density at radius 2 is 1.77 bits per heavy atom. The van der Waals surface area contributed by atoms with Crippen LogP contribution in [0.1, 0.15) is 27.5 Å². The van der Waals surface area contributed by atoms with Crippen LogP contribution in [0.3, 0.4) is 0 Å². The maximum absolute atomic E-state index is 12.5. The molecule has 5 nitrogen and oxygen atoms in total. The number of hydrogen-bond donors (Lipinski definition) is 1. The number of carbonyl (C=O) groups is 1. The maximum Gasteiger partial charge on any atom is 0.251 e. The second kappa shape index (κ2) is 8.83. The molecular formula is C21H26N2O3. The fourth-order valence-electron chi connectivity index (χ4n) is 3.17. The lowest BCUT2D eigenvalue weighted by atomic mass is 10.0. The fraction of sp³-hybridized carbons (Fsp3) is 0.381. The first-order valence-electron chi connectivity index (χ1n) is 8.98. The largest absolute Gasteiger partial charge is 0.497 e. The molecule has 0 spiro atoms. The van der Waals surface area contributed by atoms with Crippen LogP contribution in [0, 0.1) is 6.92 Å². The van der Waals surface area contributed by atoms with Gasteiger partial charge in [-0.05, 0) is 36.8 Å². The Balaban J connectivity index is 1.72. The number of rotatable bonds is 6. The van der Waals surface area contributed by atoms with Gasteiger partial charge in [-0.15, -0.1) is 0 Å². The smallest absolute Gasteiger partial charge is 0.251 e. The van der Waals surface area contributed by atoms with Gasteiger partial charge in [0.05, 0.1) is 26.4 Å². The van der Waals surface area contributed by atoms with Gasteiger partial charge in [0.15, 0.2) is 0 Å². The average molecular weight is 354 g/mol. The van der Waals surface area contributed by atoms with E-state index in [1.165, 1.54) is 0 Å². The van der Waals surface area contributed by atoms with Crippen molar-refractivity contribution >= 4 is 5.91 Å². The quantitative estimate of drug-likeness (QED) is 0.867. The van der Waals surface area contributed by atoms with E-state index in [1.54, 1.807) is 7.11 Å². The van der Waals surface area contributed by atoms with Gasteiger partial charge in [0, 0.05) is 25.2 Å². The zero-order valence-electron chi connectivity index (χ0n) is 15.4. The molecule has 1 aliphatic rings. The molecule has 1 heterocycles. The molecule has 1 atom stereocenters. The number of amides is 1. The summed E-state index contributed by atoms with van der Waals surface area (Å²) < 4.78 is 10.7. The van der Waals surface area contributed by atoms with Gasteiger partial charge in [-0.2, -0.15) is 0 Å². The van der Waals surface area contributed by atoms with Gasteiger partial charge in [0.1, 0.15) is 5.75 Å². The van der Waals surface area contributed by atoms with Crippen molar-refractivity contribution in [3.8, 4) is 5.75 Å². The van der Waals surface area contributed by atoms with Crippen molar-refractivity contribution in [3.05, 3.63) is 65.2 Å². The number of ether oxygens (including phenoxy) is 2. The van der Waals surface area contributed by atoms with Gasteiger partial charge < -0.3 is 14.8 Å². The summed E-state index contributed by atoms with van der Waals surface area (Å²) in [6.45, 7) is 5.73. The third-order valence-corrected chi connectivity index (χ3v) is 4.76. The zero-order chi connectivity index (χ0) is 18.4. The molecule has 0 radical (unpaired) electrons. The average Bonchev–Trinajstić information content (AvgIpc) is 2.70. The zero-order valence-corrected chi connectivity index (χ0v) is 15.4. The first-order chi connectivity index (χ1) is 12.7. The van der Waals surface area contributed by atoms with Crippen LogP contribution in [-0.4, -0.2) is 50.8 Å². The highest BCUT2D eigenvalue weighted by atomic mass is 16.5. The number of aryl methyl sites for hydroxylation is 1. The van der Waals surface area contributed by atoms with Gasteiger partial charge in [0.25, 0.3) is 5.91 Å². The molecule has 1 N–H and O–H groups in total. The molecule has 1 aliphatic heterocycles. The van der Waals surface area contributed by atoms with E-state index in [0.717, 1.165) is 43.2 Å². The molecule has 0 aromatic heterocycles. The molecule has 2 aromatic carbocycles. The second-order valence-electron chi connectivity index (χ2n) is 6.51. The summed E-state index contributed by atoms with van der Waals surface area (Å²) in [5.41, 5.74) is 2.99. The molecule has 5 heteroatoms. The minimum atomic E-state index is -0.0447. The summed E-state index contributed by atoms with van der Waals surface area (Å²) in [6, 6.07) is 15.8. The van der Waals surface area contributed by atoms with E-state index in [-0.39, 0.29) is 11.9 Å². The first kappa shape index (κ1) is 18.4. The number of nitrogens with zero attached hydrogens (tertiary/aromatic N) is 1. The van der Waals surface area contributed by atoms with Crippen LogP contribution in [0.2, 0.25) is 0 Å². The van der Waals surface area contributed by atoms with Gasteiger partial charge in [-0.1, -0.05) is 29.8 Å². The third-order valence-electron chi connectivity index (χ3n) is 4.76. The first-order valence-corrected chi connectivity index (χ1v) is 8.98. The summed E-state index contributed by atoms with van der Waals surface area (Å²) in [4.78, 5) is 14.9. The van der Waals surface area contributed by atoms with Crippen LogP contribution in [-0.2, 0) is 4.74 Å². The molecular weight excluding hydrogens is 328 g/mol. The van der Waals surface area contributed by atoms with Gasteiger partial charge in [-0.25, -0.2) is 0 Å². The van der Waals surface area contributed by atoms with E-state index in [0.29, 0.717) is 12.1 Å². The van der Waals surface area contributed by atoms with E-state index >= 15 is 0 Å². The van der Waals surface area contributed by atoms with Crippen LogP contribution >= 0.6 is 0 Å². The SMILES string of the molecule is COc1ccc([C@H](CNC(=O)c2ccc(C)cc2)N2CCOCC2)cc1. The van der Waals surface area contributed by atoms with Crippen LogP contribution in [0.25, 0.3) is 0 Å². The molecule has 0 bridgehead atoms. The van der Waals surface area contributed by atoms with Crippen molar-refractivity contribution in [3.63, 3.8) is 0 Å². The lowest BCUT2D eigenvalue weighted by molar-refractivity contribution is 0.0162. The minimum absolute atomic E-state index is 0.0447. The fourth-order valence-corrected chi connectivity index (χ4v) is 3.17. The van der Waals surface area contributed by atoms with Crippen LogP contribution in [0.15, 0.2) is 48.5 Å². The summed E-state index contributed by atoms with van der Waals surface area (Å²) in [7, 11) is 1.66. The molecule has 26 heavy (non-hydrogen) atoms. The Morgan fingerprint density at radius 1 is 1.12 bits per heavy atom. The van der Waals surface area contributed by atoms with Crippen molar-refractivity contribution < 1.29 is 14.3 Å². The van der Waals surface area contributed by atoms with Crippen LogP contribution in [0.4, 0.5) is 0 Å². The summed E-state index contributed by atoms with van der Waals surface area (Å²) in [5.74, 6) is 0.787. The molecule has 0 aliphatic carbocycles. The number of nitrogens with one attached hydrogen (secondary N) is 1. The molecule has 0 saturated carbocycles. The van der Waals surface area contributed by atoms with Crippen molar-refractivity contribution in [2.75, 3.05) is 40.0 Å². The Kier molecular flexibility index (Phi) is 6.26. The highest BCUT2D eigenvalue weighted by molar-refractivity contribution is 5.94. The molecule has 1 saturated heterocycles. The van der Waals surface area contributed by atoms with Crippen molar-refractivity contribution in [2.24, 2.45) is 0 Å². The van der Waals surface area contributed by atoms with E-state index in [9.17, 15) is 4.79 Å². The molecule has 1 amide bonds. The van der Waals surface area contributed by atoms with E-state index in [1.807, 2.05) is 43.3 Å². The predicted octanol–water partition coefficient (Wildman–Crippen LogP) is 2.81.